The van der Waals surface area contributed by atoms with Gasteiger partial charge in [0, 0.05) is 18.7 Å². The van der Waals surface area contributed by atoms with Crippen LogP contribution >= 0.6 is 12.2 Å². The van der Waals surface area contributed by atoms with Gasteiger partial charge < -0.3 is 19.1 Å². The molecule has 0 aromatic heterocycles. The average Bonchev–Trinajstić information content (AvgIpc) is 2.68. The van der Waals surface area contributed by atoms with E-state index in [0.717, 1.165) is 53.9 Å². The first-order valence-electron chi connectivity index (χ1n) is 8.58. The van der Waals surface area contributed by atoms with Gasteiger partial charge in [-0.1, -0.05) is 42.5 Å². The van der Waals surface area contributed by atoms with Crippen LogP contribution in [-0.2, 0) is 11.3 Å². The van der Waals surface area contributed by atoms with Gasteiger partial charge in [0.15, 0.2) is 11.5 Å². The number of hydrogen-bond donors (Lipinski definition) is 0. The number of morpholine rings is 1. The SMILES string of the molecule is CCOc1cc(C(=S)N2CCOCC2)ccc1OCc1ccccc1. The van der Waals surface area contributed by atoms with Crippen LogP contribution in [0.15, 0.2) is 48.5 Å². The fourth-order valence-electron chi connectivity index (χ4n) is 2.71. The topological polar surface area (TPSA) is 30.9 Å². The molecule has 3 rings (SSSR count). The van der Waals surface area contributed by atoms with Crippen molar-refractivity contribution in [2.75, 3.05) is 32.9 Å². The fourth-order valence-corrected chi connectivity index (χ4v) is 3.02. The summed E-state index contributed by atoms with van der Waals surface area (Å²) in [5.41, 5.74) is 2.10. The van der Waals surface area contributed by atoms with Crippen molar-refractivity contribution in [1.29, 1.82) is 0 Å². The van der Waals surface area contributed by atoms with Gasteiger partial charge in [-0.25, -0.2) is 0 Å². The van der Waals surface area contributed by atoms with E-state index in [4.69, 9.17) is 26.4 Å². The Balaban J connectivity index is 1.74. The standard InChI is InChI=1S/C20H23NO3S/c1-2-23-19-14-17(20(25)21-10-12-22-13-11-21)8-9-18(19)24-15-16-6-4-3-5-7-16/h3-9,14H,2,10-13,15H2,1H3. The normalized spacial score (nSPS) is 14.2. The second-order valence-electron chi connectivity index (χ2n) is 5.77. The van der Waals surface area contributed by atoms with Crippen LogP contribution in [0, 0.1) is 0 Å². The van der Waals surface area contributed by atoms with Crippen LogP contribution < -0.4 is 9.47 Å². The highest BCUT2D eigenvalue weighted by atomic mass is 32.1. The lowest BCUT2D eigenvalue weighted by Gasteiger charge is -2.29. The van der Waals surface area contributed by atoms with Crippen molar-refractivity contribution in [1.82, 2.24) is 4.90 Å². The van der Waals surface area contributed by atoms with Crippen molar-refractivity contribution in [2.45, 2.75) is 13.5 Å². The molecule has 0 unspecified atom stereocenters. The van der Waals surface area contributed by atoms with Crippen LogP contribution in [0.1, 0.15) is 18.1 Å². The first kappa shape index (κ1) is 17.7. The molecule has 1 heterocycles. The maximum absolute atomic E-state index is 5.95. The third-order valence-electron chi connectivity index (χ3n) is 4.03. The Morgan fingerprint density at radius 3 is 2.52 bits per heavy atom. The van der Waals surface area contributed by atoms with Gasteiger partial charge >= 0.3 is 0 Å². The minimum Gasteiger partial charge on any atom is -0.490 e. The number of hydrogen-bond acceptors (Lipinski definition) is 4. The highest BCUT2D eigenvalue weighted by molar-refractivity contribution is 7.80. The molecule has 0 spiro atoms. The molecular formula is C20H23NO3S. The number of benzene rings is 2. The zero-order chi connectivity index (χ0) is 17.5. The molecule has 1 aliphatic rings. The molecule has 0 saturated carbocycles. The molecule has 5 heteroatoms. The zero-order valence-electron chi connectivity index (χ0n) is 14.4. The lowest BCUT2D eigenvalue weighted by Crippen LogP contribution is -2.40. The smallest absolute Gasteiger partial charge is 0.161 e. The van der Waals surface area contributed by atoms with Crippen LogP contribution in [0.3, 0.4) is 0 Å². The molecule has 132 valence electrons. The Bertz CT molecular complexity index is 699. The van der Waals surface area contributed by atoms with Gasteiger partial charge in [0.05, 0.1) is 19.8 Å². The first-order chi connectivity index (χ1) is 12.3. The van der Waals surface area contributed by atoms with E-state index < -0.39 is 0 Å². The zero-order valence-corrected chi connectivity index (χ0v) is 15.3. The molecule has 0 aliphatic carbocycles. The predicted molar refractivity (Wildman–Crippen MR) is 102 cm³/mol. The number of rotatable bonds is 6. The summed E-state index contributed by atoms with van der Waals surface area (Å²) in [4.78, 5) is 3.01. The van der Waals surface area contributed by atoms with E-state index in [-0.39, 0.29) is 0 Å². The molecule has 25 heavy (non-hydrogen) atoms. The van der Waals surface area contributed by atoms with Crippen molar-refractivity contribution >= 4 is 17.2 Å². The van der Waals surface area contributed by atoms with E-state index >= 15 is 0 Å². The second kappa shape index (κ2) is 8.83. The van der Waals surface area contributed by atoms with E-state index in [9.17, 15) is 0 Å². The Hall–Kier alpha value is -2.11. The van der Waals surface area contributed by atoms with Crippen molar-refractivity contribution in [3.63, 3.8) is 0 Å². The third kappa shape index (κ3) is 4.71. The molecule has 1 aliphatic heterocycles. The molecule has 0 radical (unpaired) electrons. The number of nitrogens with zero attached hydrogens (tertiary/aromatic N) is 1. The third-order valence-corrected chi connectivity index (χ3v) is 4.52. The largest absolute Gasteiger partial charge is 0.490 e. The van der Waals surface area contributed by atoms with Gasteiger partial charge in [-0.3, -0.25) is 0 Å². The van der Waals surface area contributed by atoms with Crippen LogP contribution in [0.25, 0.3) is 0 Å². The van der Waals surface area contributed by atoms with Gasteiger partial charge in [-0.05, 0) is 30.7 Å². The van der Waals surface area contributed by atoms with E-state index in [2.05, 4.69) is 4.90 Å². The fraction of sp³-hybridized carbons (Fsp3) is 0.350. The van der Waals surface area contributed by atoms with Crippen molar-refractivity contribution in [3.05, 3.63) is 59.7 Å². The highest BCUT2D eigenvalue weighted by Crippen LogP contribution is 2.30. The molecule has 2 aromatic carbocycles. The Labute approximate surface area is 154 Å². The molecular weight excluding hydrogens is 334 g/mol. The van der Waals surface area contributed by atoms with E-state index in [1.165, 1.54) is 0 Å². The number of thiocarbonyl (C=S) groups is 1. The summed E-state index contributed by atoms with van der Waals surface area (Å²) < 4.78 is 17.1. The minimum absolute atomic E-state index is 0.508. The Morgan fingerprint density at radius 2 is 1.80 bits per heavy atom. The van der Waals surface area contributed by atoms with E-state index in [0.29, 0.717) is 13.2 Å². The predicted octanol–water partition coefficient (Wildman–Crippen LogP) is 3.67. The maximum atomic E-state index is 5.95. The molecule has 0 N–H and O–H groups in total. The maximum Gasteiger partial charge on any atom is 0.161 e. The first-order valence-corrected chi connectivity index (χ1v) is 8.99. The van der Waals surface area contributed by atoms with Gasteiger partial charge in [-0.2, -0.15) is 0 Å². The minimum atomic E-state index is 0.508. The van der Waals surface area contributed by atoms with Crippen LogP contribution in [-0.4, -0.2) is 42.8 Å². The summed E-state index contributed by atoms with van der Waals surface area (Å²) in [7, 11) is 0. The van der Waals surface area contributed by atoms with Crippen LogP contribution in [0.5, 0.6) is 11.5 Å². The summed E-state index contributed by atoms with van der Waals surface area (Å²) in [6, 6.07) is 16.0. The van der Waals surface area contributed by atoms with Crippen molar-refractivity contribution in [3.8, 4) is 11.5 Å². The Morgan fingerprint density at radius 1 is 1.04 bits per heavy atom. The van der Waals surface area contributed by atoms with E-state index in [1.807, 2.05) is 55.5 Å². The molecule has 0 atom stereocenters. The highest BCUT2D eigenvalue weighted by Gasteiger charge is 2.17. The number of ether oxygens (including phenoxy) is 3. The Kier molecular flexibility index (Phi) is 6.25. The lowest BCUT2D eigenvalue weighted by atomic mass is 10.1. The van der Waals surface area contributed by atoms with Crippen molar-refractivity contribution in [2.24, 2.45) is 0 Å². The summed E-state index contributed by atoms with van der Waals surface area (Å²) in [5.74, 6) is 1.46. The van der Waals surface area contributed by atoms with Gasteiger partial charge in [0.25, 0.3) is 0 Å². The van der Waals surface area contributed by atoms with Gasteiger partial charge in [0.2, 0.25) is 0 Å². The average molecular weight is 357 g/mol. The van der Waals surface area contributed by atoms with Gasteiger partial charge in [-0.15, -0.1) is 0 Å². The van der Waals surface area contributed by atoms with Gasteiger partial charge in [0.1, 0.15) is 11.6 Å². The molecule has 0 bridgehead atoms. The molecule has 2 aromatic rings. The summed E-state index contributed by atoms with van der Waals surface area (Å²) in [6.45, 7) is 6.15. The summed E-state index contributed by atoms with van der Waals surface area (Å²) in [5, 5.41) is 0. The molecule has 0 amide bonds. The monoisotopic (exact) mass is 357 g/mol. The van der Waals surface area contributed by atoms with Crippen LogP contribution in [0.2, 0.25) is 0 Å². The lowest BCUT2D eigenvalue weighted by molar-refractivity contribution is 0.0693. The molecule has 1 saturated heterocycles. The van der Waals surface area contributed by atoms with Crippen LogP contribution in [0.4, 0.5) is 0 Å². The quantitative estimate of drug-likeness (QED) is 0.736. The second-order valence-corrected chi connectivity index (χ2v) is 6.16. The van der Waals surface area contributed by atoms with Crippen molar-refractivity contribution < 1.29 is 14.2 Å². The molecule has 4 nitrogen and oxygen atoms in total. The van der Waals surface area contributed by atoms with E-state index in [1.54, 1.807) is 0 Å². The molecule has 1 fully saturated rings. The summed E-state index contributed by atoms with van der Waals surface area (Å²) in [6.07, 6.45) is 0. The summed E-state index contributed by atoms with van der Waals surface area (Å²) >= 11 is 5.64.